The molecule has 3 heterocycles. The minimum absolute atomic E-state index is 0.0379. The summed E-state index contributed by atoms with van der Waals surface area (Å²) in [5.74, 6) is -2.73. The summed E-state index contributed by atoms with van der Waals surface area (Å²) in [7, 11) is -3.86. The van der Waals surface area contributed by atoms with Crippen molar-refractivity contribution in [3.05, 3.63) is 47.3 Å². The number of hydrogen-bond acceptors (Lipinski definition) is 8. The van der Waals surface area contributed by atoms with Crippen LogP contribution in [-0.4, -0.2) is 77.6 Å². The molecule has 2 aliphatic carbocycles. The van der Waals surface area contributed by atoms with Crippen LogP contribution in [-0.2, 0) is 42.2 Å². The van der Waals surface area contributed by atoms with E-state index in [9.17, 15) is 32.0 Å². The largest absolute Gasteiger partial charge is 0.444 e. The predicted molar refractivity (Wildman–Crippen MR) is 155 cm³/mol. The van der Waals surface area contributed by atoms with Crippen molar-refractivity contribution in [3.8, 4) is 0 Å². The average molecular weight is 632 g/mol. The van der Waals surface area contributed by atoms with Crippen LogP contribution in [0.2, 0.25) is 0 Å². The van der Waals surface area contributed by atoms with E-state index in [2.05, 4.69) is 10.0 Å². The maximum atomic E-state index is 14.2. The summed E-state index contributed by atoms with van der Waals surface area (Å²) in [5, 5.41) is 2.16. The van der Waals surface area contributed by atoms with E-state index in [0.717, 1.165) is 19.3 Å². The van der Waals surface area contributed by atoms with E-state index >= 15 is 0 Å². The highest BCUT2D eigenvalue weighted by Gasteiger charge is 2.62. The number of fused-ring (bicyclic) bond motifs is 3. The van der Waals surface area contributed by atoms with Gasteiger partial charge in [0.05, 0.1) is 24.4 Å². The van der Waals surface area contributed by atoms with Gasteiger partial charge in [0, 0.05) is 24.4 Å². The Morgan fingerprint density at radius 1 is 1.11 bits per heavy atom. The van der Waals surface area contributed by atoms with E-state index in [0.29, 0.717) is 36.8 Å². The number of amides is 4. The van der Waals surface area contributed by atoms with Gasteiger partial charge in [-0.2, -0.15) is 0 Å². The zero-order valence-electron chi connectivity index (χ0n) is 24.4. The fourth-order valence-electron chi connectivity index (χ4n) is 6.47. The maximum Gasteiger partial charge on any atom is 0.410 e. The van der Waals surface area contributed by atoms with Crippen molar-refractivity contribution in [1.29, 1.82) is 0 Å². The minimum atomic E-state index is -3.86. The average Bonchev–Trinajstić information content (AvgIpc) is 3.86. The molecule has 238 valence electrons. The third-order valence-electron chi connectivity index (χ3n) is 9.34. The van der Waals surface area contributed by atoms with Crippen LogP contribution >= 0.6 is 0 Å². The summed E-state index contributed by atoms with van der Waals surface area (Å²) in [5.41, 5.74) is 5.89. The number of halogens is 1. The molecule has 4 N–H and O–H groups in total. The summed E-state index contributed by atoms with van der Waals surface area (Å²) in [4.78, 5) is 56.5. The molecule has 1 aromatic carbocycles. The van der Waals surface area contributed by atoms with E-state index < -0.39 is 74.5 Å². The number of rotatable bonds is 4. The Balaban J connectivity index is 1.20. The SMILES string of the molecule is N[C@H]1CCCCC/C=C\[C@H]2C[C@@]2(C(=O)NS(=O)(=O)C2CC2)NC(=O)[C@@H]2C[C@@H](OC(=O)N3Cc4cccc(F)c4C3)CN2C1=O. The van der Waals surface area contributed by atoms with Gasteiger partial charge >= 0.3 is 6.09 Å². The highest BCUT2D eigenvalue weighted by Crippen LogP contribution is 2.46. The Hall–Kier alpha value is -3.52. The molecule has 44 heavy (non-hydrogen) atoms. The van der Waals surface area contributed by atoms with Crippen LogP contribution in [0.4, 0.5) is 9.18 Å². The number of hydrogen-bond donors (Lipinski definition) is 3. The molecule has 6 rings (SSSR count). The van der Waals surface area contributed by atoms with Gasteiger partial charge < -0.3 is 20.7 Å². The van der Waals surface area contributed by atoms with Crippen LogP contribution in [0.25, 0.3) is 0 Å². The van der Waals surface area contributed by atoms with Crippen molar-refractivity contribution >= 4 is 33.8 Å². The maximum absolute atomic E-state index is 14.2. The Morgan fingerprint density at radius 3 is 2.66 bits per heavy atom. The molecule has 12 nitrogen and oxygen atoms in total. The number of carbonyl (C=O) groups excluding carboxylic acids is 4. The molecular formula is C30H38FN5O7S. The van der Waals surface area contributed by atoms with E-state index in [1.165, 1.54) is 15.9 Å². The zero-order chi connectivity index (χ0) is 31.2. The molecule has 1 saturated heterocycles. The second-order valence-corrected chi connectivity index (χ2v) is 14.6. The highest BCUT2D eigenvalue weighted by atomic mass is 32.2. The standard InChI is InChI=1S/C30H38FN5O7S/c31-23-9-6-7-18-15-35(17-22(18)23)29(40)43-20-13-25-26(37)33-30(28(39)34-44(41,42)21-11-12-21)14-19(30)8-4-2-1-3-5-10-24(32)27(38)36(25)16-20/h4,6-9,19-21,24-25H,1-3,5,10-17,32H2,(H,33,37)(H,34,39)/b8-4-/t19-,20+,24-,25-,30+/m0/s1. The summed E-state index contributed by atoms with van der Waals surface area (Å²) < 4.78 is 47.3. The Bertz CT molecular complexity index is 1500. The molecule has 0 spiro atoms. The quantitative estimate of drug-likeness (QED) is 0.421. The van der Waals surface area contributed by atoms with Crippen LogP contribution in [0.5, 0.6) is 0 Å². The highest BCUT2D eigenvalue weighted by molar-refractivity contribution is 7.91. The molecule has 1 aromatic rings. The van der Waals surface area contributed by atoms with Crippen LogP contribution in [0, 0.1) is 11.7 Å². The number of ether oxygens (including phenoxy) is 1. The number of nitrogens with zero attached hydrogens (tertiary/aromatic N) is 2. The van der Waals surface area contributed by atoms with Crippen molar-refractivity contribution in [2.24, 2.45) is 11.7 Å². The Morgan fingerprint density at radius 2 is 1.91 bits per heavy atom. The van der Waals surface area contributed by atoms with E-state index in [1.807, 2.05) is 12.2 Å². The lowest BCUT2D eigenvalue weighted by Crippen LogP contribution is -2.57. The first-order valence-corrected chi connectivity index (χ1v) is 16.9. The van der Waals surface area contributed by atoms with E-state index in [1.54, 1.807) is 12.1 Å². The molecule has 0 bridgehead atoms. The van der Waals surface area contributed by atoms with Crippen molar-refractivity contribution < 1.29 is 36.7 Å². The van der Waals surface area contributed by atoms with Crippen LogP contribution < -0.4 is 15.8 Å². The van der Waals surface area contributed by atoms with Crippen molar-refractivity contribution in [1.82, 2.24) is 19.8 Å². The number of allylic oxidation sites excluding steroid dienone is 1. The van der Waals surface area contributed by atoms with Gasteiger partial charge in [-0.15, -0.1) is 0 Å². The van der Waals surface area contributed by atoms with Crippen molar-refractivity contribution in [2.75, 3.05) is 6.54 Å². The lowest BCUT2D eigenvalue weighted by molar-refractivity contribution is -0.140. The van der Waals surface area contributed by atoms with Crippen LogP contribution in [0.3, 0.4) is 0 Å². The fraction of sp³-hybridized carbons (Fsp3) is 0.600. The van der Waals surface area contributed by atoms with E-state index in [4.69, 9.17) is 10.5 Å². The summed E-state index contributed by atoms with van der Waals surface area (Å²) in [6.07, 6.45) is 6.91. The molecule has 0 radical (unpaired) electrons. The normalized spacial score (nSPS) is 31.5. The smallest absolute Gasteiger partial charge is 0.410 e. The van der Waals surface area contributed by atoms with Crippen LogP contribution in [0.15, 0.2) is 30.4 Å². The fourth-order valence-corrected chi connectivity index (χ4v) is 7.83. The van der Waals surface area contributed by atoms with Crippen molar-refractivity contribution in [3.63, 3.8) is 0 Å². The third kappa shape index (κ3) is 6.06. The molecule has 5 aliphatic rings. The number of nitrogens with two attached hydrogens (primary N) is 1. The second-order valence-electron chi connectivity index (χ2n) is 12.6. The molecule has 0 aromatic heterocycles. The lowest BCUT2D eigenvalue weighted by atomic mass is 10.1. The van der Waals surface area contributed by atoms with Crippen molar-refractivity contribution in [2.45, 2.75) is 99.9 Å². The molecule has 5 atom stereocenters. The van der Waals surface area contributed by atoms with Gasteiger partial charge in [0.15, 0.2) is 0 Å². The molecule has 2 saturated carbocycles. The monoisotopic (exact) mass is 631 g/mol. The first kappa shape index (κ1) is 30.5. The molecule has 14 heteroatoms. The number of nitrogens with one attached hydrogen (secondary N) is 2. The van der Waals surface area contributed by atoms with Gasteiger partial charge in [-0.25, -0.2) is 17.6 Å². The number of sulfonamides is 1. The Labute approximate surface area is 255 Å². The molecule has 3 aliphatic heterocycles. The van der Waals surface area contributed by atoms with Gasteiger partial charge in [-0.05, 0) is 50.2 Å². The zero-order valence-corrected chi connectivity index (χ0v) is 25.2. The van der Waals surface area contributed by atoms with Gasteiger partial charge in [-0.1, -0.05) is 37.1 Å². The molecular weight excluding hydrogens is 593 g/mol. The van der Waals surface area contributed by atoms with Gasteiger partial charge in [0.2, 0.25) is 21.8 Å². The Kier molecular flexibility index (Phi) is 8.16. The van der Waals surface area contributed by atoms with Gasteiger partial charge in [0.1, 0.15) is 23.5 Å². The van der Waals surface area contributed by atoms with E-state index in [-0.39, 0.29) is 32.5 Å². The first-order valence-electron chi connectivity index (χ1n) is 15.3. The first-order chi connectivity index (χ1) is 21.0. The number of benzene rings is 1. The molecule has 4 amide bonds. The summed E-state index contributed by atoms with van der Waals surface area (Å²) in [6.45, 7) is 0.137. The van der Waals surface area contributed by atoms with Crippen LogP contribution in [0.1, 0.15) is 68.9 Å². The number of carbonyl (C=O) groups is 4. The van der Waals surface area contributed by atoms with Gasteiger partial charge in [-0.3, -0.25) is 24.0 Å². The topological polar surface area (TPSA) is 168 Å². The lowest BCUT2D eigenvalue weighted by Gasteiger charge is -2.28. The van der Waals surface area contributed by atoms with Gasteiger partial charge in [0.25, 0.3) is 5.91 Å². The summed E-state index contributed by atoms with van der Waals surface area (Å²) in [6, 6.07) is 2.68. The molecule has 0 unspecified atom stereocenters. The third-order valence-corrected chi connectivity index (χ3v) is 11.2. The predicted octanol–water partition coefficient (Wildman–Crippen LogP) is 1.58. The molecule has 3 fully saturated rings. The second kappa shape index (κ2) is 11.8. The summed E-state index contributed by atoms with van der Waals surface area (Å²) >= 11 is 0. The minimum Gasteiger partial charge on any atom is -0.444 e.